The molecule has 1 aliphatic heterocycles. The second-order valence-corrected chi connectivity index (χ2v) is 7.10. The van der Waals surface area contributed by atoms with Crippen LogP contribution in [0.5, 0.6) is 0 Å². The molecular weight excluding hydrogens is 336 g/mol. The van der Waals surface area contributed by atoms with Crippen LogP contribution in [0, 0.1) is 0 Å². The summed E-state index contributed by atoms with van der Waals surface area (Å²) in [6.45, 7) is 4.61. The molecule has 1 N–H and O–H groups in total. The quantitative estimate of drug-likeness (QED) is 0.758. The van der Waals surface area contributed by atoms with E-state index < -0.39 is 0 Å². The molecule has 0 aliphatic carbocycles. The van der Waals surface area contributed by atoms with Crippen LogP contribution in [0.25, 0.3) is 11.4 Å². The van der Waals surface area contributed by atoms with Gasteiger partial charge >= 0.3 is 0 Å². The summed E-state index contributed by atoms with van der Waals surface area (Å²) in [5.74, 6) is 0.626. The third kappa shape index (κ3) is 3.98. The van der Waals surface area contributed by atoms with Gasteiger partial charge < -0.3 is 4.98 Å². The number of nitrogens with zero attached hydrogens (tertiary/aromatic N) is 3. The Bertz CT molecular complexity index is 964. The van der Waals surface area contributed by atoms with E-state index in [-0.39, 0.29) is 5.56 Å². The maximum absolute atomic E-state index is 12.6. The molecule has 0 atom stereocenters. The molecule has 3 aromatic rings. The Labute approximate surface area is 159 Å². The van der Waals surface area contributed by atoms with Crippen LogP contribution in [-0.4, -0.2) is 26.4 Å². The van der Waals surface area contributed by atoms with Crippen molar-refractivity contribution in [3.05, 3.63) is 81.5 Å². The fraction of sp³-hybridized carbons (Fsp3) is 0.318. The molecule has 0 saturated heterocycles. The number of fused-ring (bicyclic) bond motifs is 1. The van der Waals surface area contributed by atoms with Gasteiger partial charge in [-0.25, -0.2) is 4.98 Å². The molecule has 0 radical (unpaired) electrons. The smallest absolute Gasteiger partial charge is 0.255 e. The third-order valence-corrected chi connectivity index (χ3v) is 5.07. The lowest BCUT2D eigenvalue weighted by atomic mass is 10.0. The molecule has 2 aromatic heterocycles. The van der Waals surface area contributed by atoms with E-state index >= 15 is 0 Å². The Morgan fingerprint density at radius 3 is 2.56 bits per heavy atom. The fourth-order valence-corrected chi connectivity index (χ4v) is 3.62. The molecule has 5 nitrogen and oxygen atoms in total. The van der Waals surface area contributed by atoms with Gasteiger partial charge in [-0.05, 0) is 29.7 Å². The SMILES string of the molecule is CCCc1ccc(CN2CCc3nc(-c4ccncc4)[nH]c(=O)c3C2)cc1. The molecule has 0 saturated carbocycles. The lowest BCUT2D eigenvalue weighted by Gasteiger charge is -2.27. The first-order valence-corrected chi connectivity index (χ1v) is 9.55. The van der Waals surface area contributed by atoms with E-state index in [2.05, 4.69) is 46.1 Å². The summed E-state index contributed by atoms with van der Waals surface area (Å²) in [6, 6.07) is 12.6. The second-order valence-electron chi connectivity index (χ2n) is 7.10. The van der Waals surface area contributed by atoms with Crippen LogP contribution in [0.4, 0.5) is 0 Å². The van der Waals surface area contributed by atoms with Crippen molar-refractivity contribution in [2.75, 3.05) is 6.54 Å². The Hall–Kier alpha value is -2.79. The summed E-state index contributed by atoms with van der Waals surface area (Å²) < 4.78 is 0. The second kappa shape index (κ2) is 7.84. The molecule has 0 bridgehead atoms. The summed E-state index contributed by atoms with van der Waals surface area (Å²) in [6.07, 6.45) is 6.51. The van der Waals surface area contributed by atoms with Gasteiger partial charge in [0.05, 0.1) is 11.3 Å². The molecule has 0 fully saturated rings. The number of aryl methyl sites for hydroxylation is 1. The lowest BCUT2D eigenvalue weighted by Crippen LogP contribution is -2.35. The average molecular weight is 360 g/mol. The zero-order valence-electron chi connectivity index (χ0n) is 15.6. The number of hydrogen-bond donors (Lipinski definition) is 1. The van der Waals surface area contributed by atoms with Crippen LogP contribution in [0.2, 0.25) is 0 Å². The van der Waals surface area contributed by atoms with E-state index in [0.717, 1.165) is 42.8 Å². The number of H-pyrrole nitrogens is 1. The minimum atomic E-state index is -0.0326. The Balaban J connectivity index is 1.51. The van der Waals surface area contributed by atoms with Crippen molar-refractivity contribution in [3.63, 3.8) is 0 Å². The normalized spacial score (nSPS) is 14.1. The van der Waals surface area contributed by atoms with Crippen LogP contribution in [0.15, 0.2) is 53.6 Å². The lowest BCUT2D eigenvalue weighted by molar-refractivity contribution is 0.242. The van der Waals surface area contributed by atoms with Gasteiger partial charge in [-0.2, -0.15) is 0 Å². The topological polar surface area (TPSA) is 61.9 Å². The molecule has 0 unspecified atom stereocenters. The van der Waals surface area contributed by atoms with Gasteiger partial charge in [-0.1, -0.05) is 37.6 Å². The molecule has 138 valence electrons. The molecular formula is C22H24N4O. The van der Waals surface area contributed by atoms with Gasteiger partial charge in [-0.15, -0.1) is 0 Å². The van der Waals surface area contributed by atoms with Crippen molar-refractivity contribution in [1.29, 1.82) is 0 Å². The van der Waals surface area contributed by atoms with E-state index in [4.69, 9.17) is 4.98 Å². The zero-order chi connectivity index (χ0) is 18.6. The van der Waals surface area contributed by atoms with E-state index in [0.29, 0.717) is 12.4 Å². The van der Waals surface area contributed by atoms with Gasteiger partial charge in [0.2, 0.25) is 0 Å². The van der Waals surface area contributed by atoms with Gasteiger partial charge in [0, 0.05) is 44.0 Å². The Morgan fingerprint density at radius 1 is 1.07 bits per heavy atom. The number of rotatable bonds is 5. The predicted molar refractivity (Wildman–Crippen MR) is 106 cm³/mol. The van der Waals surface area contributed by atoms with Crippen LogP contribution < -0.4 is 5.56 Å². The van der Waals surface area contributed by atoms with E-state index in [1.54, 1.807) is 12.4 Å². The van der Waals surface area contributed by atoms with Crippen molar-refractivity contribution in [2.45, 2.75) is 39.3 Å². The first-order valence-electron chi connectivity index (χ1n) is 9.55. The number of nitrogens with one attached hydrogen (secondary N) is 1. The summed E-state index contributed by atoms with van der Waals surface area (Å²) in [5.41, 5.74) is 5.24. The highest BCUT2D eigenvalue weighted by molar-refractivity contribution is 5.54. The summed E-state index contributed by atoms with van der Waals surface area (Å²) in [5, 5.41) is 0. The monoisotopic (exact) mass is 360 g/mol. The minimum Gasteiger partial charge on any atom is -0.306 e. The van der Waals surface area contributed by atoms with Gasteiger partial charge in [-0.3, -0.25) is 14.7 Å². The molecule has 4 rings (SSSR count). The highest BCUT2D eigenvalue weighted by Gasteiger charge is 2.21. The number of aromatic nitrogens is 3. The highest BCUT2D eigenvalue weighted by atomic mass is 16.1. The van der Waals surface area contributed by atoms with Crippen molar-refractivity contribution in [3.8, 4) is 11.4 Å². The van der Waals surface area contributed by atoms with Gasteiger partial charge in [0.15, 0.2) is 0 Å². The first kappa shape index (κ1) is 17.6. The van der Waals surface area contributed by atoms with E-state index in [1.165, 1.54) is 17.5 Å². The van der Waals surface area contributed by atoms with Crippen LogP contribution in [-0.2, 0) is 25.9 Å². The number of benzene rings is 1. The predicted octanol–water partition coefficient (Wildman–Crippen LogP) is 3.34. The molecule has 1 aliphatic rings. The highest BCUT2D eigenvalue weighted by Crippen LogP contribution is 2.20. The molecule has 3 heterocycles. The van der Waals surface area contributed by atoms with Gasteiger partial charge in [0.25, 0.3) is 5.56 Å². The van der Waals surface area contributed by atoms with Crippen molar-refractivity contribution in [1.82, 2.24) is 19.9 Å². The Kier molecular flexibility index (Phi) is 5.12. The third-order valence-electron chi connectivity index (χ3n) is 5.07. The summed E-state index contributed by atoms with van der Waals surface area (Å²) in [7, 11) is 0. The molecule has 5 heteroatoms. The van der Waals surface area contributed by atoms with Crippen molar-refractivity contribution >= 4 is 0 Å². The minimum absolute atomic E-state index is 0.0326. The van der Waals surface area contributed by atoms with Crippen LogP contribution in [0.3, 0.4) is 0 Å². The Morgan fingerprint density at radius 2 is 1.81 bits per heavy atom. The standard InChI is InChI=1S/C22H24N4O/c1-2-3-16-4-6-17(7-5-16)14-26-13-10-20-19(15-26)22(27)25-21(24-20)18-8-11-23-12-9-18/h4-9,11-12H,2-3,10,13-15H2,1H3,(H,24,25,27). The average Bonchev–Trinajstić information content (AvgIpc) is 2.71. The molecule has 0 spiro atoms. The number of aromatic amines is 1. The van der Waals surface area contributed by atoms with E-state index in [9.17, 15) is 4.79 Å². The fourth-order valence-electron chi connectivity index (χ4n) is 3.62. The van der Waals surface area contributed by atoms with Gasteiger partial charge in [0.1, 0.15) is 5.82 Å². The summed E-state index contributed by atoms with van der Waals surface area (Å²) >= 11 is 0. The van der Waals surface area contributed by atoms with Crippen molar-refractivity contribution in [2.24, 2.45) is 0 Å². The maximum Gasteiger partial charge on any atom is 0.255 e. The summed E-state index contributed by atoms with van der Waals surface area (Å²) in [4.78, 5) is 26.6. The van der Waals surface area contributed by atoms with Crippen LogP contribution in [0.1, 0.15) is 35.7 Å². The molecule has 27 heavy (non-hydrogen) atoms. The molecule has 1 aromatic carbocycles. The largest absolute Gasteiger partial charge is 0.306 e. The maximum atomic E-state index is 12.6. The number of pyridine rings is 1. The van der Waals surface area contributed by atoms with E-state index in [1.807, 2.05) is 12.1 Å². The number of hydrogen-bond acceptors (Lipinski definition) is 4. The van der Waals surface area contributed by atoms with Crippen molar-refractivity contribution < 1.29 is 0 Å². The van der Waals surface area contributed by atoms with Crippen LogP contribution >= 0.6 is 0 Å². The first-order chi connectivity index (χ1) is 13.2. The molecule has 0 amide bonds. The zero-order valence-corrected chi connectivity index (χ0v) is 15.6.